The molecule has 0 aliphatic carbocycles. The Kier molecular flexibility index (Phi) is 8.11. The number of hydrogen-bond donors (Lipinski definition) is 1. The number of aromatic nitrogens is 2. The number of esters is 1. The number of carbonyl (C=O) groups is 1. The highest BCUT2D eigenvalue weighted by Gasteiger charge is 2.23. The molecule has 3 heterocycles. The number of fused-ring (bicyclic) bond motifs is 1. The minimum absolute atomic E-state index is 0.106. The van der Waals surface area contributed by atoms with Crippen LogP contribution in [0.15, 0.2) is 35.7 Å². The van der Waals surface area contributed by atoms with E-state index in [2.05, 4.69) is 17.4 Å². The average molecular weight is 484 g/mol. The highest BCUT2D eigenvalue weighted by atomic mass is 32.1. The molecule has 0 fully saturated rings. The van der Waals surface area contributed by atoms with Gasteiger partial charge in [-0.3, -0.25) is 4.79 Å². The van der Waals surface area contributed by atoms with Crippen LogP contribution in [0.3, 0.4) is 0 Å². The molecule has 2 aromatic heterocycles. The smallest absolute Gasteiger partial charge is 0.306 e. The van der Waals surface area contributed by atoms with E-state index in [-0.39, 0.29) is 24.1 Å². The van der Waals surface area contributed by atoms with Gasteiger partial charge in [-0.15, -0.1) is 11.3 Å². The fraction of sp³-hybridized carbons (Fsp3) is 0.423. The lowest BCUT2D eigenvalue weighted by Gasteiger charge is -2.17. The summed E-state index contributed by atoms with van der Waals surface area (Å²) >= 11 is 1.57. The van der Waals surface area contributed by atoms with Crippen molar-refractivity contribution in [3.8, 4) is 5.75 Å². The molecule has 0 amide bonds. The first-order chi connectivity index (χ1) is 16.6. The number of nitrogens with one attached hydrogen (secondary N) is 1. The molecule has 1 atom stereocenters. The van der Waals surface area contributed by atoms with Crippen molar-refractivity contribution in [2.75, 3.05) is 25.6 Å². The van der Waals surface area contributed by atoms with Crippen molar-refractivity contribution in [3.05, 3.63) is 69.1 Å². The lowest BCUT2D eigenvalue weighted by molar-refractivity contribution is -0.143. The number of ether oxygens (including phenoxy) is 2. The van der Waals surface area contributed by atoms with Gasteiger partial charge in [0.05, 0.1) is 30.8 Å². The average Bonchev–Trinajstić information content (AvgIpc) is 3.31. The first kappa shape index (κ1) is 24.1. The standard InChI is InChI=1S/C26H30FN3O3S/c1-3-33-25(31)15-20(18-10-12-23(32-2)21(27)14-18)22-16-34-24(30-22)8-4-7-19-11-9-17-6-5-13-28-26(17)29-19/h9-12,14,16,20H,3-8,13,15H2,1-2H3,(H,28,29). The summed E-state index contributed by atoms with van der Waals surface area (Å²) in [5.41, 5.74) is 3.81. The molecule has 0 saturated carbocycles. The number of nitrogens with zero attached hydrogens (tertiary/aromatic N) is 2. The maximum absolute atomic E-state index is 14.4. The van der Waals surface area contributed by atoms with Gasteiger partial charge in [0.15, 0.2) is 11.6 Å². The first-order valence-electron chi connectivity index (χ1n) is 11.7. The Morgan fingerprint density at radius 1 is 1.24 bits per heavy atom. The summed E-state index contributed by atoms with van der Waals surface area (Å²) in [4.78, 5) is 21.8. The van der Waals surface area contributed by atoms with Crippen LogP contribution in [0.1, 0.15) is 59.6 Å². The van der Waals surface area contributed by atoms with Gasteiger partial charge >= 0.3 is 5.97 Å². The maximum Gasteiger partial charge on any atom is 0.306 e. The van der Waals surface area contributed by atoms with E-state index in [0.717, 1.165) is 60.9 Å². The van der Waals surface area contributed by atoms with Crippen LogP contribution in [0.4, 0.5) is 10.2 Å². The number of carbonyl (C=O) groups excluding carboxylic acids is 1. The zero-order valence-corrected chi connectivity index (χ0v) is 20.4. The van der Waals surface area contributed by atoms with E-state index in [1.807, 2.05) is 5.38 Å². The van der Waals surface area contributed by atoms with Crippen LogP contribution < -0.4 is 10.1 Å². The summed E-state index contributed by atoms with van der Waals surface area (Å²) in [6.07, 6.45) is 4.97. The predicted octanol–water partition coefficient (Wildman–Crippen LogP) is 5.30. The molecule has 3 aromatic rings. The summed E-state index contributed by atoms with van der Waals surface area (Å²) < 4.78 is 24.6. The Morgan fingerprint density at radius 3 is 2.91 bits per heavy atom. The fourth-order valence-corrected chi connectivity index (χ4v) is 5.10. The van der Waals surface area contributed by atoms with Gasteiger partial charge in [0.1, 0.15) is 5.82 Å². The minimum atomic E-state index is -0.462. The molecular formula is C26H30FN3O3S. The van der Waals surface area contributed by atoms with Gasteiger partial charge < -0.3 is 14.8 Å². The summed E-state index contributed by atoms with van der Waals surface area (Å²) in [6.45, 7) is 3.06. The van der Waals surface area contributed by atoms with Crippen molar-refractivity contribution in [1.29, 1.82) is 0 Å². The van der Waals surface area contributed by atoms with Crippen LogP contribution in [0.5, 0.6) is 5.75 Å². The van der Waals surface area contributed by atoms with E-state index in [1.165, 1.54) is 18.7 Å². The third-order valence-electron chi connectivity index (χ3n) is 5.96. The molecule has 4 rings (SSSR count). The molecule has 0 saturated heterocycles. The number of anilines is 1. The second-order valence-corrected chi connectivity index (χ2v) is 9.26. The largest absolute Gasteiger partial charge is 0.494 e. The van der Waals surface area contributed by atoms with Gasteiger partial charge in [-0.25, -0.2) is 14.4 Å². The second-order valence-electron chi connectivity index (χ2n) is 8.32. The number of pyridine rings is 1. The molecule has 1 aliphatic heterocycles. The van der Waals surface area contributed by atoms with Crippen LogP contribution in [0.25, 0.3) is 0 Å². The van der Waals surface area contributed by atoms with Crippen molar-refractivity contribution < 1.29 is 18.7 Å². The normalized spacial score (nSPS) is 13.6. The molecule has 34 heavy (non-hydrogen) atoms. The number of hydrogen-bond acceptors (Lipinski definition) is 7. The van der Waals surface area contributed by atoms with Crippen molar-refractivity contribution in [2.45, 2.75) is 51.4 Å². The maximum atomic E-state index is 14.4. The number of halogens is 1. The molecule has 1 unspecified atom stereocenters. The monoisotopic (exact) mass is 483 g/mol. The van der Waals surface area contributed by atoms with Crippen LogP contribution in [0, 0.1) is 5.82 Å². The molecule has 1 N–H and O–H groups in total. The van der Waals surface area contributed by atoms with Gasteiger partial charge in [-0.2, -0.15) is 0 Å². The topological polar surface area (TPSA) is 73.3 Å². The minimum Gasteiger partial charge on any atom is -0.494 e. The fourth-order valence-electron chi connectivity index (χ4n) is 4.21. The molecular weight excluding hydrogens is 453 g/mol. The zero-order chi connectivity index (χ0) is 23.9. The van der Waals surface area contributed by atoms with Crippen LogP contribution >= 0.6 is 11.3 Å². The predicted molar refractivity (Wildman–Crippen MR) is 131 cm³/mol. The van der Waals surface area contributed by atoms with Crippen LogP contribution in [-0.4, -0.2) is 36.2 Å². The Hall–Kier alpha value is -3.00. The van der Waals surface area contributed by atoms with Gasteiger partial charge in [-0.1, -0.05) is 12.1 Å². The summed E-state index contributed by atoms with van der Waals surface area (Å²) in [5, 5.41) is 6.34. The Bertz CT molecular complexity index is 1130. The molecule has 8 heteroatoms. The van der Waals surface area contributed by atoms with Gasteiger partial charge in [0.25, 0.3) is 0 Å². The molecule has 6 nitrogen and oxygen atoms in total. The summed E-state index contributed by atoms with van der Waals surface area (Å²) in [6, 6.07) is 9.07. The van der Waals surface area contributed by atoms with E-state index in [1.54, 1.807) is 30.4 Å². The van der Waals surface area contributed by atoms with Gasteiger partial charge in [0, 0.05) is 23.5 Å². The number of methoxy groups -OCH3 is 1. The Balaban J connectivity index is 1.44. The van der Waals surface area contributed by atoms with Crippen molar-refractivity contribution in [2.24, 2.45) is 0 Å². The lowest BCUT2D eigenvalue weighted by atomic mass is 9.93. The summed E-state index contributed by atoms with van der Waals surface area (Å²) in [5.74, 6) is 0.0250. The van der Waals surface area contributed by atoms with E-state index in [0.29, 0.717) is 12.2 Å². The lowest BCUT2D eigenvalue weighted by Crippen LogP contribution is -2.14. The van der Waals surface area contributed by atoms with Crippen molar-refractivity contribution in [3.63, 3.8) is 0 Å². The molecule has 0 spiro atoms. The number of thiazole rings is 1. The second kappa shape index (κ2) is 11.4. The number of aryl methyl sites for hydroxylation is 3. The Morgan fingerprint density at radius 2 is 2.12 bits per heavy atom. The van der Waals surface area contributed by atoms with E-state index in [9.17, 15) is 9.18 Å². The summed E-state index contributed by atoms with van der Waals surface area (Å²) in [7, 11) is 1.43. The SMILES string of the molecule is CCOC(=O)CC(c1ccc(OC)c(F)c1)c1csc(CCCc2ccc3c(n2)NCCC3)n1. The number of benzene rings is 1. The zero-order valence-electron chi connectivity index (χ0n) is 19.6. The highest BCUT2D eigenvalue weighted by Crippen LogP contribution is 2.32. The van der Waals surface area contributed by atoms with E-state index < -0.39 is 5.82 Å². The number of rotatable bonds is 10. The molecule has 1 aromatic carbocycles. The van der Waals surface area contributed by atoms with Gasteiger partial charge in [-0.05, 0) is 68.4 Å². The third-order valence-corrected chi connectivity index (χ3v) is 6.88. The van der Waals surface area contributed by atoms with E-state index in [4.69, 9.17) is 19.4 Å². The molecule has 0 radical (unpaired) electrons. The molecule has 1 aliphatic rings. The van der Waals surface area contributed by atoms with Crippen LogP contribution in [0.2, 0.25) is 0 Å². The Labute approximate surface area is 203 Å². The van der Waals surface area contributed by atoms with Crippen molar-refractivity contribution >= 4 is 23.1 Å². The molecule has 180 valence electrons. The quantitative estimate of drug-likeness (QED) is 0.394. The van der Waals surface area contributed by atoms with E-state index >= 15 is 0 Å². The highest BCUT2D eigenvalue weighted by molar-refractivity contribution is 7.09. The van der Waals surface area contributed by atoms with Crippen LogP contribution in [-0.2, 0) is 28.8 Å². The van der Waals surface area contributed by atoms with Crippen molar-refractivity contribution in [1.82, 2.24) is 9.97 Å². The molecule has 0 bridgehead atoms. The third kappa shape index (κ3) is 5.91. The van der Waals surface area contributed by atoms with Gasteiger partial charge in [0.2, 0.25) is 0 Å². The first-order valence-corrected chi connectivity index (χ1v) is 12.6.